The molecule has 0 atom stereocenters. The molecule has 0 bridgehead atoms. The van der Waals surface area contributed by atoms with Crippen LogP contribution in [0.15, 0.2) is 0 Å². The summed E-state index contributed by atoms with van der Waals surface area (Å²) < 4.78 is 60.6. The number of rotatable bonds is 1. The molecule has 0 fully saturated rings. The number of nitrogens with zero attached hydrogens (tertiary/aromatic N) is 2. The van der Waals surface area contributed by atoms with Gasteiger partial charge < -0.3 is 0 Å². The van der Waals surface area contributed by atoms with Crippen LogP contribution in [0, 0.1) is 0 Å². The fourth-order valence-corrected chi connectivity index (χ4v) is 2.38. The highest BCUT2D eigenvalue weighted by Crippen LogP contribution is 2.34. The van der Waals surface area contributed by atoms with Crippen molar-refractivity contribution in [2.75, 3.05) is 6.54 Å². The fourth-order valence-electron chi connectivity index (χ4n) is 1.72. The monoisotopic (exact) mass is 270 g/mol. The van der Waals surface area contributed by atoms with Gasteiger partial charge in [0.15, 0.2) is 5.69 Å². The molecule has 1 aromatic rings. The summed E-state index contributed by atoms with van der Waals surface area (Å²) in [5, 5.41) is 10.3. The van der Waals surface area contributed by atoms with Gasteiger partial charge in [0.2, 0.25) is 0 Å². The molecule has 0 radical (unpaired) electrons. The summed E-state index contributed by atoms with van der Waals surface area (Å²) in [5.74, 6) is 0. The number of nitrogens with two attached hydrogens (primary N) is 1. The molecule has 1 aliphatic rings. The van der Waals surface area contributed by atoms with Crippen molar-refractivity contribution in [3.8, 4) is 0 Å². The molecule has 17 heavy (non-hydrogen) atoms. The summed E-state index contributed by atoms with van der Waals surface area (Å²) in [6.07, 6.45) is -4.47. The summed E-state index contributed by atoms with van der Waals surface area (Å²) in [6, 6.07) is 0. The van der Waals surface area contributed by atoms with Crippen molar-refractivity contribution < 1.29 is 21.6 Å². The number of aromatic nitrogens is 2. The number of fused-ring (bicyclic) bond motifs is 1. The molecule has 6 nitrogen and oxygen atoms in total. The Morgan fingerprint density at radius 2 is 2.06 bits per heavy atom. The van der Waals surface area contributed by atoms with E-state index in [4.69, 9.17) is 5.14 Å². The largest absolute Gasteiger partial charge is 0.435 e. The number of hydrogen-bond donors (Lipinski definition) is 2. The minimum Gasteiger partial charge on any atom is -0.282 e. The van der Waals surface area contributed by atoms with E-state index < -0.39 is 28.6 Å². The molecule has 3 N–H and O–H groups in total. The third-order valence-corrected chi connectivity index (χ3v) is 3.56. The van der Waals surface area contributed by atoms with Crippen LogP contribution in [-0.4, -0.2) is 29.5 Å². The zero-order valence-electron chi connectivity index (χ0n) is 8.45. The number of H-pyrrole nitrogens is 1. The van der Waals surface area contributed by atoms with Gasteiger partial charge in [0, 0.05) is 30.8 Å². The molecule has 0 unspecified atom stereocenters. The lowest BCUT2D eigenvalue weighted by Crippen LogP contribution is -2.40. The van der Waals surface area contributed by atoms with Crippen molar-refractivity contribution in [2.45, 2.75) is 19.1 Å². The van der Waals surface area contributed by atoms with Gasteiger partial charge >= 0.3 is 6.18 Å². The van der Waals surface area contributed by atoms with E-state index in [1.807, 2.05) is 0 Å². The summed E-state index contributed by atoms with van der Waals surface area (Å²) >= 11 is 0. The van der Waals surface area contributed by atoms with E-state index in [9.17, 15) is 21.6 Å². The Kier molecular flexibility index (Phi) is 2.67. The number of halogens is 3. The molecule has 1 aromatic heterocycles. The van der Waals surface area contributed by atoms with E-state index in [1.165, 1.54) is 0 Å². The maximum atomic E-state index is 12.6. The summed E-state index contributed by atoms with van der Waals surface area (Å²) in [5.41, 5.74) is -0.934. The predicted octanol–water partition coefficient (Wildman–Crippen LogP) is -0.00990. The first-order chi connectivity index (χ1) is 7.69. The summed E-state index contributed by atoms with van der Waals surface area (Å²) in [7, 11) is -3.98. The van der Waals surface area contributed by atoms with Crippen LogP contribution < -0.4 is 5.14 Å². The number of alkyl halides is 3. The Balaban J connectivity index is 2.40. The Morgan fingerprint density at radius 3 is 2.59 bits per heavy atom. The van der Waals surface area contributed by atoms with Crippen LogP contribution in [0.4, 0.5) is 13.2 Å². The standard InChI is InChI=1S/C7H9F3N4O2S/c8-7(9,10)6-4-3-14(17(11,15)16)2-1-5(4)12-13-6/h1-3H2,(H,12,13)(H2,11,15,16). The second-order valence-corrected chi connectivity index (χ2v) is 5.20. The quantitative estimate of drug-likeness (QED) is 0.751. The molecule has 2 rings (SSSR count). The van der Waals surface area contributed by atoms with Gasteiger partial charge in [-0.05, 0) is 0 Å². The van der Waals surface area contributed by atoms with Crippen molar-refractivity contribution in [1.82, 2.24) is 14.5 Å². The van der Waals surface area contributed by atoms with E-state index in [-0.39, 0.29) is 18.5 Å². The first-order valence-electron chi connectivity index (χ1n) is 4.61. The highest BCUT2D eigenvalue weighted by atomic mass is 32.2. The number of nitrogens with one attached hydrogen (secondary N) is 1. The normalized spacial score (nSPS) is 18.1. The minimum absolute atomic E-state index is 0.0469. The van der Waals surface area contributed by atoms with Crippen LogP contribution in [0.3, 0.4) is 0 Å². The Hall–Kier alpha value is -1.13. The lowest BCUT2D eigenvalue weighted by molar-refractivity contribution is -0.142. The van der Waals surface area contributed by atoms with Gasteiger partial charge in [-0.2, -0.15) is 31.0 Å². The molecule has 0 aromatic carbocycles. The lowest BCUT2D eigenvalue weighted by Gasteiger charge is -2.24. The average molecular weight is 270 g/mol. The van der Waals surface area contributed by atoms with Crippen LogP contribution in [-0.2, 0) is 29.4 Å². The molecule has 10 heteroatoms. The molecule has 0 saturated heterocycles. The van der Waals surface area contributed by atoms with Crippen LogP contribution in [0.1, 0.15) is 17.0 Å². The molecule has 2 heterocycles. The van der Waals surface area contributed by atoms with Crippen LogP contribution in [0.25, 0.3) is 0 Å². The van der Waals surface area contributed by atoms with E-state index >= 15 is 0 Å². The predicted molar refractivity (Wildman–Crippen MR) is 50.8 cm³/mol. The van der Waals surface area contributed by atoms with Crippen LogP contribution >= 0.6 is 0 Å². The van der Waals surface area contributed by atoms with E-state index in [2.05, 4.69) is 10.2 Å². The Morgan fingerprint density at radius 1 is 1.41 bits per heavy atom. The zero-order valence-corrected chi connectivity index (χ0v) is 9.27. The molecule has 0 spiro atoms. The van der Waals surface area contributed by atoms with Crippen LogP contribution in [0.5, 0.6) is 0 Å². The second kappa shape index (κ2) is 3.68. The van der Waals surface area contributed by atoms with Crippen molar-refractivity contribution in [3.05, 3.63) is 17.0 Å². The SMILES string of the molecule is NS(=O)(=O)N1CCc2[nH]nc(C(F)(F)F)c2C1. The third kappa shape index (κ3) is 2.28. The molecule has 1 aliphatic heterocycles. The fraction of sp³-hybridized carbons (Fsp3) is 0.571. The lowest BCUT2D eigenvalue weighted by atomic mass is 10.1. The van der Waals surface area contributed by atoms with Gasteiger partial charge in [-0.15, -0.1) is 0 Å². The van der Waals surface area contributed by atoms with Crippen LogP contribution in [0.2, 0.25) is 0 Å². The van der Waals surface area contributed by atoms with Crippen molar-refractivity contribution in [3.63, 3.8) is 0 Å². The van der Waals surface area contributed by atoms with E-state index in [0.717, 1.165) is 4.31 Å². The molecule has 96 valence electrons. The van der Waals surface area contributed by atoms with Crippen molar-refractivity contribution in [2.24, 2.45) is 5.14 Å². The second-order valence-electron chi connectivity index (χ2n) is 3.66. The van der Waals surface area contributed by atoms with Gasteiger partial charge in [0.25, 0.3) is 10.2 Å². The highest BCUT2D eigenvalue weighted by Gasteiger charge is 2.40. The zero-order chi connectivity index (χ0) is 12.8. The first-order valence-corrected chi connectivity index (χ1v) is 6.11. The maximum absolute atomic E-state index is 12.6. The molecular formula is C7H9F3N4O2S. The molecule has 0 amide bonds. The Labute approximate surface area is 94.8 Å². The Bertz CT molecular complexity index is 536. The first kappa shape index (κ1) is 12.3. The van der Waals surface area contributed by atoms with Gasteiger partial charge in [-0.25, -0.2) is 5.14 Å². The number of hydrogen-bond acceptors (Lipinski definition) is 3. The maximum Gasteiger partial charge on any atom is 0.435 e. The van der Waals surface area contributed by atoms with Crippen molar-refractivity contribution in [1.29, 1.82) is 0 Å². The highest BCUT2D eigenvalue weighted by molar-refractivity contribution is 7.86. The van der Waals surface area contributed by atoms with Gasteiger partial charge in [0.1, 0.15) is 0 Å². The minimum atomic E-state index is -4.61. The molecule has 0 saturated carbocycles. The summed E-state index contributed by atoms with van der Waals surface area (Å²) in [6.45, 7) is -0.356. The van der Waals surface area contributed by atoms with Gasteiger partial charge in [-0.3, -0.25) is 5.10 Å². The smallest absolute Gasteiger partial charge is 0.282 e. The number of aromatic amines is 1. The topological polar surface area (TPSA) is 92.1 Å². The van der Waals surface area contributed by atoms with Gasteiger partial charge in [-0.1, -0.05) is 0 Å². The summed E-state index contributed by atoms with van der Waals surface area (Å²) in [4.78, 5) is 0. The van der Waals surface area contributed by atoms with Crippen molar-refractivity contribution >= 4 is 10.2 Å². The third-order valence-electron chi connectivity index (χ3n) is 2.53. The molecule has 0 aliphatic carbocycles. The van der Waals surface area contributed by atoms with E-state index in [1.54, 1.807) is 0 Å². The van der Waals surface area contributed by atoms with Gasteiger partial charge in [0.05, 0.1) is 0 Å². The van der Waals surface area contributed by atoms with E-state index in [0.29, 0.717) is 5.69 Å². The average Bonchev–Trinajstić information content (AvgIpc) is 2.57. The molecular weight excluding hydrogens is 261 g/mol.